The van der Waals surface area contributed by atoms with Gasteiger partial charge in [0.1, 0.15) is 0 Å². The molecule has 0 spiro atoms. The molecule has 2 aromatic rings. The van der Waals surface area contributed by atoms with Crippen molar-refractivity contribution < 1.29 is 5.11 Å². The quantitative estimate of drug-likeness (QED) is 0.832. The van der Waals surface area contributed by atoms with Crippen LogP contribution in [0.2, 0.25) is 0 Å². The zero-order valence-corrected chi connectivity index (χ0v) is 11.2. The topological polar surface area (TPSA) is 45.1 Å². The minimum Gasteiger partial charge on any atom is -0.394 e. The predicted octanol–water partition coefficient (Wildman–Crippen LogP) is 2.12. The molecule has 3 heteroatoms. The lowest BCUT2D eigenvalue weighted by Crippen LogP contribution is -2.43. The standard InChI is InChI=1S/C16H20N2O/c1-16(13-19,14-7-3-2-4-8-14)18-12-10-15-9-5-6-11-17-15/h2-9,11,18-19H,10,12-13H2,1H3. The maximum atomic E-state index is 9.66. The SMILES string of the molecule is CC(CO)(NCCc1ccccn1)c1ccccc1. The molecule has 0 amide bonds. The number of aromatic nitrogens is 1. The van der Waals surface area contributed by atoms with Crippen LogP contribution in [0.25, 0.3) is 0 Å². The summed E-state index contributed by atoms with van der Waals surface area (Å²) in [5.41, 5.74) is 1.75. The van der Waals surface area contributed by atoms with Gasteiger partial charge in [0.25, 0.3) is 0 Å². The molecule has 1 aromatic carbocycles. The number of nitrogens with one attached hydrogen (secondary N) is 1. The lowest BCUT2D eigenvalue weighted by atomic mass is 9.93. The molecule has 0 radical (unpaired) electrons. The van der Waals surface area contributed by atoms with Crippen molar-refractivity contribution in [3.8, 4) is 0 Å². The van der Waals surface area contributed by atoms with Gasteiger partial charge < -0.3 is 10.4 Å². The molecular weight excluding hydrogens is 236 g/mol. The van der Waals surface area contributed by atoms with E-state index in [1.807, 2.05) is 55.5 Å². The van der Waals surface area contributed by atoms with E-state index in [0.717, 1.165) is 24.2 Å². The molecule has 2 N–H and O–H groups in total. The van der Waals surface area contributed by atoms with Gasteiger partial charge in [0.15, 0.2) is 0 Å². The van der Waals surface area contributed by atoms with Crippen LogP contribution >= 0.6 is 0 Å². The average molecular weight is 256 g/mol. The lowest BCUT2D eigenvalue weighted by Gasteiger charge is -2.29. The van der Waals surface area contributed by atoms with E-state index >= 15 is 0 Å². The molecule has 0 aliphatic rings. The fourth-order valence-electron chi connectivity index (χ4n) is 2.07. The summed E-state index contributed by atoms with van der Waals surface area (Å²) in [4.78, 5) is 4.29. The van der Waals surface area contributed by atoms with Crippen LogP contribution in [0.5, 0.6) is 0 Å². The first-order valence-electron chi connectivity index (χ1n) is 6.56. The smallest absolute Gasteiger partial charge is 0.0652 e. The second-order valence-electron chi connectivity index (χ2n) is 4.85. The Kier molecular flexibility index (Phi) is 4.66. The van der Waals surface area contributed by atoms with E-state index in [0.29, 0.717) is 0 Å². The largest absolute Gasteiger partial charge is 0.394 e. The van der Waals surface area contributed by atoms with E-state index in [1.165, 1.54) is 0 Å². The van der Waals surface area contributed by atoms with Crippen LogP contribution in [0.1, 0.15) is 18.2 Å². The Labute approximate surface area is 114 Å². The third kappa shape index (κ3) is 3.63. The molecule has 1 unspecified atom stereocenters. The van der Waals surface area contributed by atoms with Crippen molar-refractivity contribution in [1.82, 2.24) is 10.3 Å². The van der Waals surface area contributed by atoms with Crippen molar-refractivity contribution in [2.75, 3.05) is 13.2 Å². The summed E-state index contributed by atoms with van der Waals surface area (Å²) < 4.78 is 0. The minimum absolute atomic E-state index is 0.0687. The third-order valence-electron chi connectivity index (χ3n) is 3.35. The number of nitrogens with zero attached hydrogens (tertiary/aromatic N) is 1. The summed E-state index contributed by atoms with van der Waals surface area (Å²) in [6.07, 6.45) is 2.65. The molecule has 100 valence electrons. The highest BCUT2D eigenvalue weighted by atomic mass is 16.3. The van der Waals surface area contributed by atoms with Gasteiger partial charge in [-0.3, -0.25) is 4.98 Å². The van der Waals surface area contributed by atoms with Crippen LogP contribution in [-0.2, 0) is 12.0 Å². The Bertz CT molecular complexity index is 487. The number of aliphatic hydroxyl groups excluding tert-OH is 1. The van der Waals surface area contributed by atoms with Crippen molar-refractivity contribution in [3.63, 3.8) is 0 Å². The highest BCUT2D eigenvalue weighted by Gasteiger charge is 2.24. The third-order valence-corrected chi connectivity index (χ3v) is 3.35. The number of aliphatic hydroxyl groups is 1. The fourth-order valence-corrected chi connectivity index (χ4v) is 2.07. The molecule has 0 aliphatic carbocycles. The van der Waals surface area contributed by atoms with E-state index < -0.39 is 5.54 Å². The molecule has 3 nitrogen and oxygen atoms in total. The van der Waals surface area contributed by atoms with Gasteiger partial charge in [-0.15, -0.1) is 0 Å². The number of benzene rings is 1. The number of pyridine rings is 1. The highest BCUT2D eigenvalue weighted by Crippen LogP contribution is 2.19. The summed E-state index contributed by atoms with van der Waals surface area (Å²) in [6, 6.07) is 15.9. The predicted molar refractivity (Wildman–Crippen MR) is 76.8 cm³/mol. The first kappa shape index (κ1) is 13.7. The van der Waals surface area contributed by atoms with E-state index in [2.05, 4.69) is 10.3 Å². The molecule has 2 rings (SSSR count). The Balaban J connectivity index is 1.96. The first-order valence-corrected chi connectivity index (χ1v) is 6.56. The Morgan fingerprint density at radius 3 is 2.47 bits per heavy atom. The van der Waals surface area contributed by atoms with Crippen LogP contribution in [0.3, 0.4) is 0 Å². The van der Waals surface area contributed by atoms with Crippen molar-refractivity contribution in [2.24, 2.45) is 0 Å². The molecule has 19 heavy (non-hydrogen) atoms. The van der Waals surface area contributed by atoms with Gasteiger partial charge in [0.05, 0.1) is 12.1 Å². The van der Waals surface area contributed by atoms with Gasteiger partial charge >= 0.3 is 0 Å². The lowest BCUT2D eigenvalue weighted by molar-refractivity contribution is 0.175. The van der Waals surface area contributed by atoms with Crippen LogP contribution in [0, 0.1) is 0 Å². The number of rotatable bonds is 6. The van der Waals surface area contributed by atoms with Crippen LogP contribution in [-0.4, -0.2) is 23.2 Å². The average Bonchev–Trinajstić information content (AvgIpc) is 2.49. The molecule has 0 bridgehead atoms. The van der Waals surface area contributed by atoms with E-state index in [1.54, 1.807) is 6.20 Å². The zero-order chi connectivity index (χ0) is 13.6. The zero-order valence-electron chi connectivity index (χ0n) is 11.2. The summed E-state index contributed by atoms with van der Waals surface area (Å²) in [5, 5.41) is 13.1. The number of hydrogen-bond donors (Lipinski definition) is 2. The summed E-state index contributed by atoms with van der Waals surface area (Å²) in [6.45, 7) is 2.86. The molecule has 1 atom stereocenters. The Hall–Kier alpha value is -1.71. The van der Waals surface area contributed by atoms with Gasteiger partial charge in [0, 0.05) is 24.9 Å². The minimum atomic E-state index is -0.407. The molecule has 0 aliphatic heterocycles. The molecule has 1 heterocycles. The van der Waals surface area contributed by atoms with Gasteiger partial charge in [-0.1, -0.05) is 36.4 Å². The van der Waals surface area contributed by atoms with Crippen LogP contribution in [0.15, 0.2) is 54.7 Å². The summed E-state index contributed by atoms with van der Waals surface area (Å²) in [7, 11) is 0. The molecular formula is C16H20N2O. The normalized spacial score (nSPS) is 14.0. The van der Waals surface area contributed by atoms with E-state index in [-0.39, 0.29) is 6.61 Å². The summed E-state index contributed by atoms with van der Waals surface area (Å²) in [5.74, 6) is 0. The van der Waals surface area contributed by atoms with Gasteiger partial charge in [-0.2, -0.15) is 0 Å². The highest BCUT2D eigenvalue weighted by molar-refractivity contribution is 5.23. The monoisotopic (exact) mass is 256 g/mol. The molecule has 0 saturated carbocycles. The van der Waals surface area contributed by atoms with Gasteiger partial charge in [-0.25, -0.2) is 0 Å². The Morgan fingerprint density at radius 1 is 1.11 bits per heavy atom. The fraction of sp³-hybridized carbons (Fsp3) is 0.312. The van der Waals surface area contributed by atoms with Gasteiger partial charge in [-0.05, 0) is 24.6 Å². The second kappa shape index (κ2) is 6.45. The molecule has 0 saturated heterocycles. The van der Waals surface area contributed by atoms with E-state index in [4.69, 9.17) is 0 Å². The number of hydrogen-bond acceptors (Lipinski definition) is 3. The van der Waals surface area contributed by atoms with Crippen LogP contribution < -0.4 is 5.32 Å². The maximum Gasteiger partial charge on any atom is 0.0652 e. The van der Waals surface area contributed by atoms with Crippen molar-refractivity contribution in [2.45, 2.75) is 18.9 Å². The van der Waals surface area contributed by atoms with Crippen molar-refractivity contribution in [3.05, 3.63) is 66.0 Å². The van der Waals surface area contributed by atoms with Crippen molar-refractivity contribution in [1.29, 1.82) is 0 Å². The molecule has 1 aromatic heterocycles. The summed E-state index contributed by atoms with van der Waals surface area (Å²) >= 11 is 0. The van der Waals surface area contributed by atoms with E-state index in [9.17, 15) is 5.11 Å². The molecule has 0 fully saturated rings. The Morgan fingerprint density at radius 2 is 1.84 bits per heavy atom. The second-order valence-corrected chi connectivity index (χ2v) is 4.85. The van der Waals surface area contributed by atoms with Crippen molar-refractivity contribution >= 4 is 0 Å². The van der Waals surface area contributed by atoms with Gasteiger partial charge in [0.2, 0.25) is 0 Å². The first-order chi connectivity index (χ1) is 9.24. The maximum absolute atomic E-state index is 9.66. The van der Waals surface area contributed by atoms with Crippen LogP contribution in [0.4, 0.5) is 0 Å².